The van der Waals surface area contributed by atoms with Crippen molar-refractivity contribution >= 4 is 45.9 Å². The molecule has 1 saturated heterocycles. The standard InChI is InChI=1S/C15H14Cl2N2O2/c1-15(14(20)21)6-7-19(8-15)11-5-3-9-2-4-10(16)12(17)13(9)18-11/h2-5H,6-8H2,1H3,(H,20,21). The lowest BCUT2D eigenvalue weighted by Crippen LogP contribution is -2.31. The Kier molecular flexibility index (Phi) is 3.46. The number of aliphatic carboxylic acids is 1. The number of nitrogens with zero attached hydrogens (tertiary/aromatic N) is 2. The molecule has 1 fully saturated rings. The molecule has 4 nitrogen and oxygen atoms in total. The molecule has 1 aromatic heterocycles. The van der Waals surface area contributed by atoms with Crippen molar-refractivity contribution < 1.29 is 9.90 Å². The molecule has 1 atom stereocenters. The van der Waals surface area contributed by atoms with Crippen LogP contribution in [0.5, 0.6) is 0 Å². The lowest BCUT2D eigenvalue weighted by atomic mass is 9.90. The van der Waals surface area contributed by atoms with Crippen LogP contribution >= 0.6 is 23.2 Å². The van der Waals surface area contributed by atoms with Crippen LogP contribution in [0.15, 0.2) is 24.3 Å². The van der Waals surface area contributed by atoms with E-state index in [9.17, 15) is 9.90 Å². The summed E-state index contributed by atoms with van der Waals surface area (Å²) in [5.74, 6) is -0.0384. The molecule has 1 N–H and O–H groups in total. The molecule has 1 aliphatic heterocycles. The SMILES string of the molecule is CC1(C(=O)O)CCN(c2ccc3ccc(Cl)c(Cl)c3n2)C1. The second-order valence-corrected chi connectivity index (χ2v) is 6.43. The maximum absolute atomic E-state index is 11.3. The van der Waals surface area contributed by atoms with Gasteiger partial charge in [-0.15, -0.1) is 0 Å². The van der Waals surface area contributed by atoms with E-state index in [4.69, 9.17) is 23.2 Å². The number of hydrogen-bond acceptors (Lipinski definition) is 3. The van der Waals surface area contributed by atoms with Crippen LogP contribution in [0.25, 0.3) is 10.9 Å². The summed E-state index contributed by atoms with van der Waals surface area (Å²) < 4.78 is 0. The Morgan fingerprint density at radius 1 is 1.33 bits per heavy atom. The molecule has 0 amide bonds. The first-order valence-corrected chi connectivity index (χ1v) is 7.39. The van der Waals surface area contributed by atoms with Crippen LogP contribution in [0.3, 0.4) is 0 Å². The fourth-order valence-corrected chi connectivity index (χ4v) is 2.99. The normalized spacial score (nSPS) is 22.0. The number of halogens is 2. The van der Waals surface area contributed by atoms with Crippen molar-refractivity contribution in [3.8, 4) is 0 Å². The van der Waals surface area contributed by atoms with Crippen LogP contribution in [0, 0.1) is 5.41 Å². The van der Waals surface area contributed by atoms with E-state index in [0.717, 1.165) is 11.2 Å². The van der Waals surface area contributed by atoms with Crippen LogP contribution in [-0.4, -0.2) is 29.1 Å². The summed E-state index contributed by atoms with van der Waals surface area (Å²) in [6.45, 7) is 2.87. The summed E-state index contributed by atoms with van der Waals surface area (Å²) in [6, 6.07) is 7.42. The third-order valence-electron chi connectivity index (χ3n) is 4.05. The highest BCUT2D eigenvalue weighted by Crippen LogP contribution is 2.35. The largest absolute Gasteiger partial charge is 0.481 e. The molecular formula is C15H14Cl2N2O2. The van der Waals surface area contributed by atoms with E-state index in [1.165, 1.54) is 0 Å². The van der Waals surface area contributed by atoms with Gasteiger partial charge in [-0.2, -0.15) is 0 Å². The Hall–Kier alpha value is -1.52. The maximum atomic E-state index is 11.3. The number of pyridine rings is 1. The van der Waals surface area contributed by atoms with Crippen LogP contribution in [0.2, 0.25) is 10.0 Å². The molecule has 2 aromatic rings. The quantitative estimate of drug-likeness (QED) is 0.911. The smallest absolute Gasteiger partial charge is 0.311 e. The third kappa shape index (κ3) is 2.43. The molecule has 1 aliphatic rings. The van der Waals surface area contributed by atoms with Crippen molar-refractivity contribution in [3.05, 3.63) is 34.3 Å². The van der Waals surface area contributed by atoms with Gasteiger partial charge in [-0.3, -0.25) is 4.79 Å². The molecule has 21 heavy (non-hydrogen) atoms. The fourth-order valence-electron chi connectivity index (χ4n) is 2.63. The highest BCUT2D eigenvalue weighted by Gasteiger charge is 2.40. The lowest BCUT2D eigenvalue weighted by Gasteiger charge is -2.21. The van der Waals surface area contributed by atoms with Crippen LogP contribution < -0.4 is 4.90 Å². The number of carboxylic acids is 1. The minimum absolute atomic E-state index is 0.427. The number of hydrogen-bond donors (Lipinski definition) is 1. The zero-order valence-electron chi connectivity index (χ0n) is 11.4. The van der Waals surface area contributed by atoms with Crippen LogP contribution in [0.1, 0.15) is 13.3 Å². The van der Waals surface area contributed by atoms with Gasteiger partial charge in [-0.25, -0.2) is 4.98 Å². The second-order valence-electron chi connectivity index (χ2n) is 5.64. The Morgan fingerprint density at radius 3 is 2.71 bits per heavy atom. The monoisotopic (exact) mass is 324 g/mol. The molecule has 1 unspecified atom stereocenters. The Bertz CT molecular complexity index is 735. The molecule has 0 radical (unpaired) electrons. The van der Waals surface area contributed by atoms with Gasteiger partial charge in [0.2, 0.25) is 0 Å². The number of fused-ring (bicyclic) bond motifs is 1. The van der Waals surface area contributed by atoms with Gasteiger partial charge in [-0.05, 0) is 31.5 Å². The Morgan fingerprint density at radius 2 is 2.05 bits per heavy atom. The number of carbonyl (C=O) groups is 1. The van der Waals surface area contributed by atoms with Gasteiger partial charge in [-0.1, -0.05) is 29.3 Å². The topological polar surface area (TPSA) is 53.4 Å². The number of anilines is 1. The molecule has 0 spiro atoms. The molecule has 1 aromatic carbocycles. The average Bonchev–Trinajstić information content (AvgIpc) is 2.87. The Balaban J connectivity index is 1.99. The van der Waals surface area contributed by atoms with Gasteiger partial charge in [0.25, 0.3) is 0 Å². The van der Waals surface area contributed by atoms with Gasteiger partial charge < -0.3 is 10.0 Å². The summed E-state index contributed by atoms with van der Waals surface area (Å²) in [4.78, 5) is 17.9. The molecule has 6 heteroatoms. The average molecular weight is 325 g/mol. The van der Waals surface area contributed by atoms with Crippen molar-refractivity contribution in [1.29, 1.82) is 0 Å². The third-order valence-corrected chi connectivity index (χ3v) is 4.85. The van der Waals surface area contributed by atoms with E-state index in [-0.39, 0.29) is 0 Å². The Labute approximate surface area is 132 Å². The van der Waals surface area contributed by atoms with Crippen molar-refractivity contribution in [2.24, 2.45) is 5.41 Å². The highest BCUT2D eigenvalue weighted by atomic mass is 35.5. The van der Waals surface area contributed by atoms with Crippen molar-refractivity contribution in [1.82, 2.24) is 4.98 Å². The van der Waals surface area contributed by atoms with Gasteiger partial charge in [0.1, 0.15) is 5.82 Å². The zero-order valence-corrected chi connectivity index (χ0v) is 12.9. The zero-order chi connectivity index (χ0) is 15.2. The van der Waals surface area contributed by atoms with E-state index in [0.29, 0.717) is 35.1 Å². The van der Waals surface area contributed by atoms with Gasteiger partial charge >= 0.3 is 5.97 Å². The molecule has 0 saturated carbocycles. The molecule has 2 heterocycles. The summed E-state index contributed by atoms with van der Waals surface area (Å²) in [7, 11) is 0. The summed E-state index contributed by atoms with van der Waals surface area (Å²) in [5.41, 5.74) is -0.0833. The summed E-state index contributed by atoms with van der Waals surface area (Å²) in [6.07, 6.45) is 0.603. The van der Waals surface area contributed by atoms with Gasteiger partial charge in [0.05, 0.1) is 21.0 Å². The number of benzene rings is 1. The highest BCUT2D eigenvalue weighted by molar-refractivity contribution is 6.45. The van der Waals surface area contributed by atoms with E-state index in [1.54, 1.807) is 13.0 Å². The predicted molar refractivity (Wildman–Crippen MR) is 84.3 cm³/mol. The number of aromatic nitrogens is 1. The van der Waals surface area contributed by atoms with Crippen molar-refractivity contribution in [2.45, 2.75) is 13.3 Å². The number of carboxylic acid groups (broad SMARTS) is 1. The maximum Gasteiger partial charge on any atom is 0.311 e. The first-order valence-electron chi connectivity index (χ1n) is 6.64. The minimum atomic E-state index is -0.771. The van der Waals surface area contributed by atoms with E-state index in [2.05, 4.69) is 4.98 Å². The van der Waals surface area contributed by atoms with Crippen LogP contribution in [-0.2, 0) is 4.79 Å². The molecule has 3 rings (SSSR count). The van der Waals surface area contributed by atoms with E-state index in [1.807, 2.05) is 23.1 Å². The predicted octanol–water partition coefficient (Wildman–Crippen LogP) is 3.84. The summed E-state index contributed by atoms with van der Waals surface area (Å²) >= 11 is 12.2. The lowest BCUT2D eigenvalue weighted by molar-refractivity contribution is -0.146. The summed E-state index contributed by atoms with van der Waals surface area (Å²) in [5, 5.41) is 11.1. The van der Waals surface area contributed by atoms with E-state index < -0.39 is 11.4 Å². The fraction of sp³-hybridized carbons (Fsp3) is 0.333. The van der Waals surface area contributed by atoms with E-state index >= 15 is 0 Å². The molecule has 0 bridgehead atoms. The minimum Gasteiger partial charge on any atom is -0.481 e. The van der Waals surface area contributed by atoms with Crippen molar-refractivity contribution in [2.75, 3.05) is 18.0 Å². The van der Waals surface area contributed by atoms with Gasteiger partial charge in [0.15, 0.2) is 0 Å². The first-order chi connectivity index (χ1) is 9.90. The molecule has 0 aliphatic carbocycles. The molecular weight excluding hydrogens is 311 g/mol. The van der Waals surface area contributed by atoms with Crippen molar-refractivity contribution in [3.63, 3.8) is 0 Å². The van der Waals surface area contributed by atoms with Crippen LogP contribution in [0.4, 0.5) is 5.82 Å². The first kappa shape index (κ1) is 14.4. The molecule has 110 valence electrons. The second kappa shape index (κ2) is 5.04. The van der Waals surface area contributed by atoms with Gasteiger partial charge in [0, 0.05) is 18.5 Å². The number of rotatable bonds is 2.